The third kappa shape index (κ3) is 6.42. The second-order valence-corrected chi connectivity index (χ2v) is 6.57. The molecule has 0 aliphatic rings. The molecule has 0 aliphatic heterocycles. The van der Waals surface area contributed by atoms with Crippen molar-refractivity contribution < 1.29 is 9.05 Å². The van der Waals surface area contributed by atoms with E-state index in [0.717, 1.165) is 18.1 Å². The zero-order valence-electron chi connectivity index (χ0n) is 15.3. The second kappa shape index (κ2) is 10.2. The SMILES string of the molecule is CCCCCCCCCCC(Cc1noc(C)n1)c1noc(C)n1. The lowest BCUT2D eigenvalue weighted by Crippen LogP contribution is -2.07. The highest BCUT2D eigenvalue weighted by molar-refractivity contribution is 5.00. The van der Waals surface area contributed by atoms with Gasteiger partial charge < -0.3 is 9.05 Å². The molecule has 2 aromatic rings. The quantitative estimate of drug-likeness (QED) is 0.512. The largest absolute Gasteiger partial charge is 0.340 e. The molecule has 0 aliphatic carbocycles. The van der Waals surface area contributed by atoms with Crippen molar-refractivity contribution in [3.05, 3.63) is 23.4 Å². The predicted octanol–water partition coefficient (Wildman–Crippen LogP) is 4.93. The smallest absolute Gasteiger partial charge is 0.223 e. The highest BCUT2D eigenvalue weighted by atomic mass is 16.5. The highest BCUT2D eigenvalue weighted by Gasteiger charge is 2.20. The first-order chi connectivity index (χ1) is 11.7. The first-order valence-electron chi connectivity index (χ1n) is 9.28. The molecule has 0 saturated carbocycles. The van der Waals surface area contributed by atoms with Gasteiger partial charge in [-0.05, 0) is 6.42 Å². The minimum Gasteiger partial charge on any atom is -0.340 e. The summed E-state index contributed by atoms with van der Waals surface area (Å²) >= 11 is 0. The summed E-state index contributed by atoms with van der Waals surface area (Å²) in [5.41, 5.74) is 0. The summed E-state index contributed by atoms with van der Waals surface area (Å²) in [5, 5.41) is 8.10. The molecule has 0 radical (unpaired) electrons. The molecule has 0 aromatic carbocycles. The van der Waals surface area contributed by atoms with Crippen LogP contribution in [0, 0.1) is 13.8 Å². The van der Waals surface area contributed by atoms with Crippen LogP contribution in [0.15, 0.2) is 9.05 Å². The van der Waals surface area contributed by atoms with E-state index in [4.69, 9.17) is 9.05 Å². The zero-order valence-corrected chi connectivity index (χ0v) is 15.3. The van der Waals surface area contributed by atoms with Crippen LogP contribution in [-0.2, 0) is 6.42 Å². The van der Waals surface area contributed by atoms with Crippen molar-refractivity contribution in [1.82, 2.24) is 20.3 Å². The maximum Gasteiger partial charge on any atom is 0.223 e. The van der Waals surface area contributed by atoms with E-state index in [0.29, 0.717) is 18.2 Å². The van der Waals surface area contributed by atoms with Crippen molar-refractivity contribution in [2.75, 3.05) is 0 Å². The molecule has 1 unspecified atom stereocenters. The lowest BCUT2D eigenvalue weighted by molar-refractivity contribution is 0.373. The molecule has 0 N–H and O–H groups in total. The van der Waals surface area contributed by atoms with E-state index in [9.17, 15) is 0 Å². The summed E-state index contributed by atoms with van der Waals surface area (Å²) < 4.78 is 10.2. The van der Waals surface area contributed by atoms with Gasteiger partial charge in [0.1, 0.15) is 0 Å². The average molecular weight is 334 g/mol. The average Bonchev–Trinajstić information content (AvgIpc) is 3.17. The molecule has 0 spiro atoms. The van der Waals surface area contributed by atoms with Crippen LogP contribution >= 0.6 is 0 Å². The van der Waals surface area contributed by atoms with Gasteiger partial charge in [-0.1, -0.05) is 68.6 Å². The molecule has 2 heterocycles. The van der Waals surface area contributed by atoms with Gasteiger partial charge in [-0.15, -0.1) is 0 Å². The van der Waals surface area contributed by atoms with Gasteiger partial charge in [-0.2, -0.15) is 9.97 Å². The van der Waals surface area contributed by atoms with Crippen molar-refractivity contribution in [1.29, 1.82) is 0 Å². The number of hydrogen-bond donors (Lipinski definition) is 0. The fourth-order valence-corrected chi connectivity index (χ4v) is 2.97. The van der Waals surface area contributed by atoms with Gasteiger partial charge in [0.15, 0.2) is 11.6 Å². The van der Waals surface area contributed by atoms with E-state index in [1.807, 2.05) is 13.8 Å². The molecule has 0 fully saturated rings. The number of aryl methyl sites for hydroxylation is 2. The molecule has 2 rings (SSSR count). The third-order valence-electron chi connectivity index (χ3n) is 4.31. The molecule has 6 heteroatoms. The Morgan fingerprint density at radius 2 is 1.42 bits per heavy atom. The standard InChI is InChI=1S/C18H30N4O2/c1-4-5-6-7-8-9-10-11-12-16(18-20-15(3)24-22-18)13-17-19-14(2)23-21-17/h16H,4-13H2,1-3H3. The Morgan fingerprint density at radius 3 is 2.00 bits per heavy atom. The summed E-state index contributed by atoms with van der Waals surface area (Å²) in [6.45, 7) is 5.88. The van der Waals surface area contributed by atoms with Gasteiger partial charge in [0, 0.05) is 26.2 Å². The summed E-state index contributed by atoms with van der Waals surface area (Å²) in [6.07, 6.45) is 12.2. The van der Waals surface area contributed by atoms with E-state index < -0.39 is 0 Å². The van der Waals surface area contributed by atoms with Crippen molar-refractivity contribution in [3.8, 4) is 0 Å². The van der Waals surface area contributed by atoms with Gasteiger partial charge in [-0.25, -0.2) is 0 Å². The zero-order chi connectivity index (χ0) is 17.2. The Bertz CT molecular complexity index is 579. The van der Waals surface area contributed by atoms with Crippen molar-refractivity contribution in [2.45, 2.75) is 90.9 Å². The number of aromatic nitrogens is 4. The molecule has 0 saturated heterocycles. The molecular formula is C18H30N4O2. The Labute approximate surface area is 144 Å². The molecule has 24 heavy (non-hydrogen) atoms. The first-order valence-corrected chi connectivity index (χ1v) is 9.28. The van der Waals surface area contributed by atoms with Gasteiger partial charge >= 0.3 is 0 Å². The predicted molar refractivity (Wildman–Crippen MR) is 91.7 cm³/mol. The lowest BCUT2D eigenvalue weighted by Gasteiger charge is -2.10. The van der Waals surface area contributed by atoms with E-state index >= 15 is 0 Å². The van der Waals surface area contributed by atoms with Crippen molar-refractivity contribution >= 4 is 0 Å². The van der Waals surface area contributed by atoms with Gasteiger partial charge in [0.25, 0.3) is 0 Å². The highest BCUT2D eigenvalue weighted by Crippen LogP contribution is 2.24. The fourth-order valence-electron chi connectivity index (χ4n) is 2.97. The van der Waals surface area contributed by atoms with Crippen LogP contribution in [0.3, 0.4) is 0 Å². The van der Waals surface area contributed by atoms with Crippen LogP contribution in [0.1, 0.15) is 94.1 Å². The molecule has 134 valence electrons. The minimum atomic E-state index is 0.194. The van der Waals surface area contributed by atoms with Gasteiger partial charge in [-0.3, -0.25) is 0 Å². The van der Waals surface area contributed by atoms with Crippen LogP contribution in [0.25, 0.3) is 0 Å². The molecule has 0 amide bonds. The van der Waals surface area contributed by atoms with E-state index in [1.54, 1.807) is 0 Å². The summed E-state index contributed by atoms with van der Waals surface area (Å²) in [6, 6.07) is 0. The summed E-state index contributed by atoms with van der Waals surface area (Å²) in [4.78, 5) is 8.70. The maximum absolute atomic E-state index is 5.15. The van der Waals surface area contributed by atoms with Crippen molar-refractivity contribution in [3.63, 3.8) is 0 Å². The molecular weight excluding hydrogens is 304 g/mol. The number of nitrogens with zero attached hydrogens (tertiary/aromatic N) is 4. The maximum atomic E-state index is 5.15. The number of hydrogen-bond acceptors (Lipinski definition) is 6. The minimum absolute atomic E-state index is 0.194. The van der Waals surface area contributed by atoms with Crippen LogP contribution in [0.4, 0.5) is 0 Å². The van der Waals surface area contributed by atoms with Crippen LogP contribution in [0.2, 0.25) is 0 Å². The van der Waals surface area contributed by atoms with Crippen LogP contribution in [-0.4, -0.2) is 20.3 Å². The lowest BCUT2D eigenvalue weighted by atomic mass is 9.96. The Balaban J connectivity index is 1.76. The Kier molecular flexibility index (Phi) is 7.92. The third-order valence-corrected chi connectivity index (χ3v) is 4.31. The van der Waals surface area contributed by atoms with E-state index in [1.165, 1.54) is 51.4 Å². The Morgan fingerprint density at radius 1 is 0.792 bits per heavy atom. The first kappa shape index (κ1) is 18.6. The normalized spacial score (nSPS) is 12.6. The van der Waals surface area contributed by atoms with Crippen molar-refractivity contribution in [2.24, 2.45) is 0 Å². The monoisotopic (exact) mass is 334 g/mol. The molecule has 1 atom stereocenters. The fraction of sp³-hybridized carbons (Fsp3) is 0.778. The van der Waals surface area contributed by atoms with Gasteiger partial charge in [0.2, 0.25) is 11.8 Å². The molecule has 0 bridgehead atoms. The molecule has 6 nitrogen and oxygen atoms in total. The van der Waals surface area contributed by atoms with E-state index in [2.05, 4.69) is 27.2 Å². The summed E-state index contributed by atoms with van der Waals surface area (Å²) in [7, 11) is 0. The topological polar surface area (TPSA) is 77.8 Å². The second-order valence-electron chi connectivity index (χ2n) is 6.57. The molecule has 2 aromatic heterocycles. The summed E-state index contributed by atoms with van der Waals surface area (Å²) in [5.74, 6) is 2.88. The van der Waals surface area contributed by atoms with Crippen LogP contribution < -0.4 is 0 Å². The van der Waals surface area contributed by atoms with Gasteiger partial charge in [0.05, 0.1) is 0 Å². The number of rotatable bonds is 12. The number of unbranched alkanes of at least 4 members (excludes halogenated alkanes) is 7. The Hall–Kier alpha value is -1.72. The van der Waals surface area contributed by atoms with Crippen LogP contribution in [0.5, 0.6) is 0 Å². The van der Waals surface area contributed by atoms with E-state index in [-0.39, 0.29) is 5.92 Å².